The number of aldehydes is 1. The van der Waals surface area contributed by atoms with Crippen molar-refractivity contribution in [2.45, 2.75) is 11.8 Å². The molecular weight excluding hydrogens is 183 g/mol. The minimum atomic E-state index is -0.566. The first-order valence-corrected chi connectivity index (χ1v) is 4.64. The number of ether oxygens (including phenoxy) is 1. The van der Waals surface area contributed by atoms with Gasteiger partial charge >= 0.3 is 0 Å². The molecule has 2 nitrogen and oxygen atoms in total. The molecule has 0 fully saturated rings. The van der Waals surface area contributed by atoms with E-state index in [0.29, 0.717) is 6.42 Å². The van der Waals surface area contributed by atoms with Gasteiger partial charge in [0, 0.05) is 13.5 Å². The molecule has 2 unspecified atom stereocenters. The van der Waals surface area contributed by atoms with Crippen molar-refractivity contribution in [2.75, 3.05) is 7.11 Å². The Hall–Kier alpha value is -0.720. The van der Waals surface area contributed by atoms with Gasteiger partial charge < -0.3 is 9.53 Å². The molecule has 1 rings (SSSR count). The first-order valence-electron chi connectivity index (χ1n) is 4.06. The third-order valence-electron chi connectivity index (χ3n) is 2.01. The Labute approximate surface area is 80.5 Å². The second-order valence-electron chi connectivity index (χ2n) is 2.83. The summed E-state index contributed by atoms with van der Waals surface area (Å²) in [4.78, 5) is 10.5. The summed E-state index contributed by atoms with van der Waals surface area (Å²) in [6.45, 7) is 0. The SMILES string of the molecule is COC(P)(CC=O)c1ccccc1. The highest BCUT2D eigenvalue weighted by Crippen LogP contribution is 2.34. The van der Waals surface area contributed by atoms with Crippen LogP contribution in [0.25, 0.3) is 0 Å². The van der Waals surface area contributed by atoms with E-state index in [9.17, 15) is 4.79 Å². The molecular formula is C10H13O2P. The van der Waals surface area contributed by atoms with Crippen LogP contribution in [0.3, 0.4) is 0 Å². The molecule has 0 aliphatic rings. The molecule has 0 saturated carbocycles. The molecule has 0 radical (unpaired) electrons. The highest BCUT2D eigenvalue weighted by atomic mass is 31.0. The van der Waals surface area contributed by atoms with Crippen LogP contribution in [-0.4, -0.2) is 13.4 Å². The molecule has 0 bridgehead atoms. The molecule has 2 atom stereocenters. The number of carbonyl (C=O) groups excluding carboxylic acids is 1. The van der Waals surface area contributed by atoms with Gasteiger partial charge in [-0.05, 0) is 5.56 Å². The van der Waals surface area contributed by atoms with Gasteiger partial charge in [0.1, 0.15) is 11.6 Å². The largest absolute Gasteiger partial charge is 0.369 e. The molecule has 0 N–H and O–H groups in total. The Morgan fingerprint density at radius 3 is 2.54 bits per heavy atom. The van der Waals surface area contributed by atoms with E-state index < -0.39 is 5.34 Å². The van der Waals surface area contributed by atoms with E-state index in [-0.39, 0.29) is 0 Å². The summed E-state index contributed by atoms with van der Waals surface area (Å²) in [5, 5.41) is -0.566. The van der Waals surface area contributed by atoms with Gasteiger partial charge in [-0.1, -0.05) is 39.6 Å². The summed E-state index contributed by atoms with van der Waals surface area (Å²) in [5.41, 5.74) is 0.995. The number of hydrogen-bond acceptors (Lipinski definition) is 2. The molecule has 0 aliphatic carbocycles. The van der Waals surface area contributed by atoms with E-state index in [1.54, 1.807) is 7.11 Å². The Balaban J connectivity index is 2.95. The molecule has 13 heavy (non-hydrogen) atoms. The zero-order valence-corrected chi connectivity index (χ0v) is 8.72. The van der Waals surface area contributed by atoms with Gasteiger partial charge in [0.05, 0.1) is 0 Å². The Kier molecular flexibility index (Phi) is 3.58. The summed E-state index contributed by atoms with van der Waals surface area (Å²) in [6, 6.07) is 9.68. The maximum atomic E-state index is 10.5. The maximum Gasteiger partial charge on any atom is 0.123 e. The van der Waals surface area contributed by atoms with Gasteiger partial charge in [-0.15, -0.1) is 0 Å². The molecule has 3 heteroatoms. The van der Waals surface area contributed by atoms with Crippen LogP contribution in [0, 0.1) is 0 Å². The lowest BCUT2D eigenvalue weighted by molar-refractivity contribution is -0.110. The van der Waals surface area contributed by atoms with Crippen molar-refractivity contribution in [1.82, 2.24) is 0 Å². The fourth-order valence-electron chi connectivity index (χ4n) is 1.16. The molecule has 0 aromatic heterocycles. The third-order valence-corrected chi connectivity index (χ3v) is 2.82. The number of carbonyl (C=O) groups is 1. The average molecular weight is 196 g/mol. The van der Waals surface area contributed by atoms with E-state index in [1.165, 1.54) is 0 Å². The lowest BCUT2D eigenvalue weighted by Gasteiger charge is -2.26. The van der Waals surface area contributed by atoms with Crippen molar-refractivity contribution >= 4 is 15.5 Å². The second kappa shape index (κ2) is 4.50. The van der Waals surface area contributed by atoms with Crippen molar-refractivity contribution in [2.24, 2.45) is 0 Å². The second-order valence-corrected chi connectivity index (χ2v) is 3.76. The monoisotopic (exact) mass is 196 g/mol. The zero-order chi connectivity index (χ0) is 9.73. The van der Waals surface area contributed by atoms with Crippen LogP contribution < -0.4 is 0 Å². The topological polar surface area (TPSA) is 26.3 Å². The lowest BCUT2D eigenvalue weighted by Crippen LogP contribution is -2.20. The predicted octanol–water partition coefficient (Wildman–Crippen LogP) is 1.95. The predicted molar refractivity (Wildman–Crippen MR) is 55.5 cm³/mol. The van der Waals surface area contributed by atoms with E-state index in [2.05, 4.69) is 9.24 Å². The van der Waals surface area contributed by atoms with E-state index in [4.69, 9.17) is 4.74 Å². The van der Waals surface area contributed by atoms with Gasteiger partial charge in [-0.2, -0.15) is 0 Å². The first kappa shape index (κ1) is 10.4. The van der Waals surface area contributed by atoms with Gasteiger partial charge in [-0.3, -0.25) is 0 Å². The van der Waals surface area contributed by atoms with Crippen molar-refractivity contribution in [3.63, 3.8) is 0 Å². The summed E-state index contributed by atoms with van der Waals surface area (Å²) in [6.07, 6.45) is 1.21. The minimum absolute atomic E-state index is 0.345. The fraction of sp³-hybridized carbons (Fsp3) is 0.300. The molecule has 0 heterocycles. The fourth-order valence-corrected chi connectivity index (χ4v) is 1.45. The van der Waals surface area contributed by atoms with Crippen LogP contribution in [0.15, 0.2) is 30.3 Å². The Morgan fingerprint density at radius 1 is 1.46 bits per heavy atom. The average Bonchev–Trinajstić information content (AvgIpc) is 2.19. The highest BCUT2D eigenvalue weighted by molar-refractivity contribution is 7.18. The quantitative estimate of drug-likeness (QED) is 0.543. The third kappa shape index (κ3) is 2.36. The molecule has 0 spiro atoms. The number of methoxy groups -OCH3 is 1. The van der Waals surface area contributed by atoms with Crippen molar-refractivity contribution in [3.05, 3.63) is 35.9 Å². The molecule has 0 saturated heterocycles. The Morgan fingerprint density at radius 2 is 2.08 bits per heavy atom. The summed E-state index contributed by atoms with van der Waals surface area (Å²) >= 11 is 0. The summed E-state index contributed by atoms with van der Waals surface area (Å²) in [5.74, 6) is 0. The molecule has 1 aromatic carbocycles. The van der Waals surface area contributed by atoms with Crippen LogP contribution in [0.5, 0.6) is 0 Å². The van der Waals surface area contributed by atoms with E-state index in [1.807, 2.05) is 30.3 Å². The van der Waals surface area contributed by atoms with E-state index in [0.717, 1.165) is 11.8 Å². The van der Waals surface area contributed by atoms with Gasteiger partial charge in [0.25, 0.3) is 0 Å². The summed E-state index contributed by atoms with van der Waals surface area (Å²) in [7, 11) is 4.17. The van der Waals surface area contributed by atoms with Gasteiger partial charge in [-0.25, -0.2) is 0 Å². The number of rotatable bonds is 4. The number of benzene rings is 1. The van der Waals surface area contributed by atoms with E-state index >= 15 is 0 Å². The van der Waals surface area contributed by atoms with Crippen molar-refractivity contribution in [3.8, 4) is 0 Å². The minimum Gasteiger partial charge on any atom is -0.369 e. The maximum absolute atomic E-state index is 10.5. The molecule has 1 aromatic rings. The Bertz CT molecular complexity index is 274. The zero-order valence-electron chi connectivity index (χ0n) is 7.57. The first-order chi connectivity index (χ1) is 6.23. The summed E-state index contributed by atoms with van der Waals surface area (Å²) < 4.78 is 5.30. The molecule has 0 aliphatic heterocycles. The van der Waals surface area contributed by atoms with Crippen LogP contribution in [0.2, 0.25) is 0 Å². The van der Waals surface area contributed by atoms with Crippen LogP contribution in [-0.2, 0) is 14.9 Å². The standard InChI is InChI=1S/C10H13O2P/c1-12-10(13,7-8-11)9-5-3-2-4-6-9/h2-6,8H,7,13H2,1H3. The highest BCUT2D eigenvalue weighted by Gasteiger charge is 2.25. The number of hydrogen-bond donors (Lipinski definition) is 0. The van der Waals surface area contributed by atoms with Gasteiger partial charge in [0.2, 0.25) is 0 Å². The van der Waals surface area contributed by atoms with Crippen LogP contribution in [0.1, 0.15) is 12.0 Å². The lowest BCUT2D eigenvalue weighted by atomic mass is 10.1. The molecule has 70 valence electrons. The molecule has 0 amide bonds. The van der Waals surface area contributed by atoms with Crippen LogP contribution in [0.4, 0.5) is 0 Å². The van der Waals surface area contributed by atoms with Crippen LogP contribution >= 0.6 is 9.24 Å². The normalized spacial score (nSPS) is 14.9. The smallest absolute Gasteiger partial charge is 0.123 e. The van der Waals surface area contributed by atoms with Crippen molar-refractivity contribution < 1.29 is 9.53 Å². The van der Waals surface area contributed by atoms with Crippen molar-refractivity contribution in [1.29, 1.82) is 0 Å². The van der Waals surface area contributed by atoms with Gasteiger partial charge in [0.15, 0.2) is 0 Å².